The van der Waals surface area contributed by atoms with Crippen molar-refractivity contribution >= 4 is 25.0 Å². The Kier molecular flexibility index (Phi) is 6.93. The number of carboxylic acid groups (broad SMARTS) is 1. The van der Waals surface area contributed by atoms with E-state index in [1.807, 2.05) is 4.90 Å². The Morgan fingerprint density at radius 3 is 2.47 bits per heavy atom. The number of methoxy groups -OCH3 is 1. The maximum Gasteiger partial charge on any atom is 0.476 e. The highest BCUT2D eigenvalue weighted by Gasteiger charge is 2.55. The van der Waals surface area contributed by atoms with Crippen LogP contribution in [0.15, 0.2) is 12.1 Å². The molecule has 0 aliphatic carbocycles. The first kappa shape index (κ1) is 23.8. The van der Waals surface area contributed by atoms with Crippen LogP contribution in [0.3, 0.4) is 0 Å². The highest BCUT2D eigenvalue weighted by atomic mass is 16.5. The Bertz CT molecular complexity index is 902. The highest BCUT2D eigenvalue weighted by molar-refractivity contribution is 6.44. The summed E-state index contributed by atoms with van der Waals surface area (Å²) < 4.78 is 4.94. The van der Waals surface area contributed by atoms with Crippen molar-refractivity contribution < 1.29 is 44.5 Å². The smallest absolute Gasteiger partial charge is 0.476 e. The number of aromatic hydroxyl groups is 1. The van der Waals surface area contributed by atoms with Crippen molar-refractivity contribution in [2.24, 2.45) is 0 Å². The van der Waals surface area contributed by atoms with Gasteiger partial charge in [0.1, 0.15) is 22.6 Å². The lowest BCUT2D eigenvalue weighted by molar-refractivity contribution is -0.133. The zero-order valence-electron chi connectivity index (χ0n) is 17.5. The zero-order chi connectivity index (χ0) is 23.6. The first-order valence-corrected chi connectivity index (χ1v) is 10.1. The second-order valence-corrected chi connectivity index (χ2v) is 7.89. The minimum absolute atomic E-state index is 0.000570. The van der Waals surface area contributed by atoms with Crippen LogP contribution in [0.2, 0.25) is 0 Å². The number of benzene rings is 1. The fraction of sp³-hybridized carbons (Fsp3) is 0.526. The summed E-state index contributed by atoms with van der Waals surface area (Å²) >= 11 is 0. The number of aliphatic hydroxyl groups is 1. The first-order valence-electron chi connectivity index (χ1n) is 10.1. The van der Waals surface area contributed by atoms with Crippen molar-refractivity contribution in [2.75, 3.05) is 33.4 Å². The number of aromatic carboxylic acids is 1. The molecule has 2 aliphatic rings. The normalized spacial score (nSPS) is 19.2. The molecule has 0 aromatic heterocycles. The molecule has 6 N–H and O–H groups in total. The number of hydrogen-bond donors (Lipinski definition) is 6. The summed E-state index contributed by atoms with van der Waals surface area (Å²) in [7, 11) is -0.899. The number of carbonyl (C=O) groups is 3. The molecule has 2 fully saturated rings. The van der Waals surface area contributed by atoms with E-state index < -0.39 is 47.8 Å². The van der Waals surface area contributed by atoms with Crippen molar-refractivity contribution in [1.29, 1.82) is 0 Å². The third-order valence-corrected chi connectivity index (χ3v) is 6.08. The number of rotatable bonds is 8. The topological polar surface area (TPSA) is 180 Å². The average molecular weight is 451 g/mol. The molecule has 12 nitrogen and oxygen atoms in total. The first-order chi connectivity index (χ1) is 15.1. The second-order valence-electron chi connectivity index (χ2n) is 7.89. The van der Waals surface area contributed by atoms with E-state index in [4.69, 9.17) is 9.84 Å². The SMILES string of the molecule is COc1ccc(C[C@@H](B(O)O)N2C(=O)NC3(CCN(CCO)CC3)C2=O)c(O)c1C(=O)O. The minimum Gasteiger partial charge on any atom is -0.507 e. The van der Waals surface area contributed by atoms with Crippen LogP contribution in [-0.4, -0.2) is 105 Å². The number of β-amino-alcohol motifs (C(OH)–C–C–N with tert-alkyl or cyclic N) is 1. The lowest BCUT2D eigenvalue weighted by Crippen LogP contribution is -2.56. The van der Waals surface area contributed by atoms with Crippen molar-refractivity contribution in [1.82, 2.24) is 15.1 Å². The number of aliphatic hydroxyl groups excluding tert-OH is 1. The summed E-state index contributed by atoms with van der Waals surface area (Å²) in [5, 5.41) is 51.5. The van der Waals surface area contributed by atoms with Crippen LogP contribution in [0.25, 0.3) is 0 Å². The summed E-state index contributed by atoms with van der Waals surface area (Å²) in [5.41, 5.74) is -1.70. The molecule has 1 atom stereocenters. The summed E-state index contributed by atoms with van der Waals surface area (Å²) in [6, 6.07) is 1.83. The molecular weight excluding hydrogens is 425 g/mol. The number of piperidine rings is 1. The number of ether oxygens (including phenoxy) is 1. The lowest BCUT2D eigenvalue weighted by atomic mass is 9.74. The van der Waals surface area contributed by atoms with Crippen LogP contribution in [0.5, 0.6) is 11.5 Å². The van der Waals surface area contributed by atoms with Crippen LogP contribution in [0.4, 0.5) is 4.79 Å². The Morgan fingerprint density at radius 1 is 1.28 bits per heavy atom. The van der Waals surface area contributed by atoms with Gasteiger partial charge >= 0.3 is 19.1 Å². The molecule has 174 valence electrons. The molecule has 3 amide bonds. The van der Waals surface area contributed by atoms with Gasteiger partial charge in [0.15, 0.2) is 0 Å². The van der Waals surface area contributed by atoms with Crippen molar-refractivity contribution in [3.8, 4) is 11.5 Å². The van der Waals surface area contributed by atoms with E-state index in [0.29, 0.717) is 32.5 Å². The van der Waals surface area contributed by atoms with Gasteiger partial charge in [0, 0.05) is 19.6 Å². The van der Waals surface area contributed by atoms with Crippen LogP contribution in [-0.2, 0) is 11.2 Å². The van der Waals surface area contributed by atoms with Crippen LogP contribution < -0.4 is 10.1 Å². The second kappa shape index (κ2) is 9.32. The third-order valence-electron chi connectivity index (χ3n) is 6.08. The van der Waals surface area contributed by atoms with Gasteiger partial charge in [0.25, 0.3) is 5.91 Å². The quantitative estimate of drug-likeness (QED) is 0.199. The van der Waals surface area contributed by atoms with Crippen molar-refractivity contribution in [2.45, 2.75) is 30.7 Å². The zero-order valence-corrected chi connectivity index (χ0v) is 17.5. The fourth-order valence-corrected chi connectivity index (χ4v) is 4.29. The number of nitrogens with zero attached hydrogens (tertiary/aromatic N) is 2. The van der Waals surface area contributed by atoms with Gasteiger partial charge in [-0.25, -0.2) is 9.59 Å². The van der Waals surface area contributed by atoms with Gasteiger partial charge in [-0.15, -0.1) is 0 Å². The predicted molar refractivity (Wildman–Crippen MR) is 110 cm³/mol. The standard InChI is InChI=1S/C19H26BN3O9/c1-32-12-3-2-11(15(25)14(12)16(26)27)10-13(20(30)31)23-17(28)19(21-18(23)29)4-6-22(7-5-19)8-9-24/h2-3,13,24-25,30-31H,4-10H2,1H3,(H,21,29)(H,26,27)/t13-/m0/s1. The number of imide groups is 1. The van der Waals surface area contributed by atoms with Gasteiger partial charge < -0.3 is 40.3 Å². The van der Waals surface area contributed by atoms with E-state index in [1.54, 1.807) is 0 Å². The number of carbonyl (C=O) groups excluding carboxylic acids is 2. The van der Waals surface area contributed by atoms with Crippen molar-refractivity contribution in [3.05, 3.63) is 23.3 Å². The number of likely N-dealkylation sites (tertiary alicyclic amines) is 1. The average Bonchev–Trinajstić information content (AvgIpc) is 2.97. The lowest BCUT2D eigenvalue weighted by Gasteiger charge is -2.37. The molecule has 0 saturated carbocycles. The number of urea groups is 1. The molecule has 0 bridgehead atoms. The molecule has 0 unspecified atom stereocenters. The molecule has 1 spiro atoms. The van der Waals surface area contributed by atoms with E-state index in [0.717, 1.165) is 4.90 Å². The number of phenols is 1. The minimum atomic E-state index is -2.14. The molecule has 2 saturated heterocycles. The highest BCUT2D eigenvalue weighted by Crippen LogP contribution is 2.35. The van der Waals surface area contributed by atoms with Crippen LogP contribution >= 0.6 is 0 Å². The molecule has 13 heteroatoms. The van der Waals surface area contributed by atoms with Crippen LogP contribution in [0, 0.1) is 0 Å². The molecule has 1 aromatic rings. The summed E-state index contributed by atoms with van der Waals surface area (Å²) in [6.07, 6.45) is 0.193. The van der Waals surface area contributed by atoms with Gasteiger partial charge in [-0.2, -0.15) is 0 Å². The Hall–Kier alpha value is -2.87. The monoisotopic (exact) mass is 451 g/mol. The number of hydrogen-bond acceptors (Lipinski definition) is 9. The van der Waals surface area contributed by atoms with Gasteiger partial charge in [-0.3, -0.25) is 9.69 Å². The van der Waals surface area contributed by atoms with Crippen molar-refractivity contribution in [3.63, 3.8) is 0 Å². The molecule has 32 heavy (non-hydrogen) atoms. The number of nitrogens with one attached hydrogen (secondary N) is 1. The summed E-state index contributed by atoms with van der Waals surface area (Å²) in [5.74, 6) is -4.27. The maximum atomic E-state index is 13.2. The van der Waals surface area contributed by atoms with E-state index in [1.165, 1.54) is 19.2 Å². The Balaban J connectivity index is 1.87. The molecule has 0 radical (unpaired) electrons. The van der Waals surface area contributed by atoms with Crippen LogP contribution in [0.1, 0.15) is 28.8 Å². The molecule has 2 heterocycles. The van der Waals surface area contributed by atoms with E-state index in [-0.39, 0.29) is 24.3 Å². The van der Waals surface area contributed by atoms with E-state index in [9.17, 15) is 34.6 Å². The molecular formula is C19H26BN3O9. The Labute approximate surface area is 184 Å². The van der Waals surface area contributed by atoms with Gasteiger partial charge in [-0.05, 0) is 30.9 Å². The third kappa shape index (κ3) is 4.24. The predicted octanol–water partition coefficient (Wildman–Crippen LogP) is -1.60. The van der Waals surface area contributed by atoms with Gasteiger partial charge in [-0.1, -0.05) is 6.07 Å². The maximum absolute atomic E-state index is 13.2. The van der Waals surface area contributed by atoms with Gasteiger partial charge in [0.2, 0.25) is 0 Å². The summed E-state index contributed by atoms with van der Waals surface area (Å²) in [6.45, 7) is 1.35. The Morgan fingerprint density at radius 2 is 1.94 bits per heavy atom. The van der Waals surface area contributed by atoms with Gasteiger partial charge in [0.05, 0.1) is 19.7 Å². The fourth-order valence-electron chi connectivity index (χ4n) is 4.29. The largest absolute Gasteiger partial charge is 0.507 e. The number of amides is 3. The van der Waals surface area contributed by atoms with E-state index in [2.05, 4.69) is 5.32 Å². The molecule has 3 rings (SSSR count). The molecule has 2 aliphatic heterocycles. The van der Waals surface area contributed by atoms with E-state index >= 15 is 0 Å². The summed E-state index contributed by atoms with van der Waals surface area (Å²) in [4.78, 5) is 40.1. The number of carboxylic acids is 1. The molecule has 1 aromatic carbocycles.